The van der Waals surface area contributed by atoms with Crippen LogP contribution in [0.4, 0.5) is 4.79 Å². The number of carbonyl (C=O) groups excluding carboxylic acids is 3. The number of rotatable bonds is 17. The summed E-state index contributed by atoms with van der Waals surface area (Å²) in [4.78, 5) is 41.5. The highest BCUT2D eigenvalue weighted by Gasteiger charge is 2.49. The third kappa shape index (κ3) is 10.2. The van der Waals surface area contributed by atoms with Crippen LogP contribution in [0.2, 0.25) is 0 Å². The molecule has 0 unspecified atom stereocenters. The molecule has 3 aromatic carbocycles. The lowest BCUT2D eigenvalue weighted by Crippen LogP contribution is -2.61. The van der Waals surface area contributed by atoms with Crippen molar-refractivity contribution in [3.05, 3.63) is 132 Å². The number of allylic oxidation sites excluding steroid dienone is 1. The van der Waals surface area contributed by atoms with Crippen molar-refractivity contribution in [1.29, 1.82) is 0 Å². The Morgan fingerprint density at radius 3 is 2.04 bits per heavy atom. The van der Waals surface area contributed by atoms with E-state index >= 15 is 0 Å². The van der Waals surface area contributed by atoms with Crippen molar-refractivity contribution in [2.24, 2.45) is 11.8 Å². The third-order valence-corrected chi connectivity index (χ3v) is 10.2. The third-order valence-electron chi connectivity index (χ3n) is 10.2. The molecule has 0 aliphatic carbocycles. The predicted octanol–water partition coefficient (Wildman–Crippen LogP) is 5.57. The number of amides is 2. The summed E-state index contributed by atoms with van der Waals surface area (Å²) in [5, 5.41) is 10.4. The lowest BCUT2D eigenvalue weighted by atomic mass is 9.88. The molecule has 12 nitrogen and oxygen atoms in total. The monoisotopic (exact) mass is 769 g/mol. The lowest BCUT2D eigenvalue weighted by Gasteiger charge is -2.45. The van der Waals surface area contributed by atoms with Crippen molar-refractivity contribution in [3.8, 4) is 0 Å². The van der Waals surface area contributed by atoms with Gasteiger partial charge in [-0.1, -0.05) is 105 Å². The maximum absolute atomic E-state index is 14.2. The van der Waals surface area contributed by atoms with Gasteiger partial charge in [0.2, 0.25) is 5.91 Å². The Kier molecular flexibility index (Phi) is 14.6. The normalized spacial score (nSPS) is 26.3. The van der Waals surface area contributed by atoms with Gasteiger partial charge in [0.15, 0.2) is 18.2 Å². The van der Waals surface area contributed by atoms with Gasteiger partial charge in [0.05, 0.1) is 38.4 Å². The number of carbonyl (C=O) groups is 3. The van der Waals surface area contributed by atoms with E-state index < -0.39 is 60.8 Å². The first-order valence-corrected chi connectivity index (χ1v) is 19.1. The van der Waals surface area contributed by atoms with E-state index in [9.17, 15) is 19.5 Å². The average Bonchev–Trinajstić information content (AvgIpc) is 3.63. The van der Waals surface area contributed by atoms with Crippen molar-refractivity contribution in [2.75, 3.05) is 26.9 Å². The summed E-state index contributed by atoms with van der Waals surface area (Å²) in [5.74, 6) is -1.53. The first-order chi connectivity index (χ1) is 27.3. The largest absolute Gasteiger partial charge is 0.482 e. The molecule has 3 aromatic rings. The summed E-state index contributed by atoms with van der Waals surface area (Å²) in [6.07, 6.45) is -0.347. The van der Waals surface area contributed by atoms with Crippen LogP contribution in [0.1, 0.15) is 37.0 Å². The van der Waals surface area contributed by atoms with Gasteiger partial charge in [-0.3, -0.25) is 9.59 Å². The smallest absolute Gasteiger partial charge is 0.416 e. The number of aliphatic hydroxyl groups excluding tert-OH is 1. The molecule has 0 saturated carbocycles. The quantitative estimate of drug-likeness (QED) is 0.173. The van der Waals surface area contributed by atoms with Crippen LogP contribution >= 0.6 is 0 Å². The summed E-state index contributed by atoms with van der Waals surface area (Å²) in [7, 11) is 1.51. The molecule has 3 aliphatic rings. The number of benzene rings is 3. The molecule has 6 rings (SSSR count). The van der Waals surface area contributed by atoms with Crippen LogP contribution in [0.3, 0.4) is 0 Å². The molecule has 3 aliphatic heterocycles. The zero-order valence-electron chi connectivity index (χ0n) is 32.0. The molecular formula is C44H51NO11. The minimum atomic E-state index is -1.17. The van der Waals surface area contributed by atoms with Gasteiger partial charge in [0.1, 0.15) is 36.8 Å². The van der Waals surface area contributed by atoms with Gasteiger partial charge in [-0.15, -0.1) is 0 Å². The van der Waals surface area contributed by atoms with Crippen molar-refractivity contribution >= 4 is 17.8 Å². The van der Waals surface area contributed by atoms with E-state index in [0.29, 0.717) is 12.2 Å². The molecule has 1 N–H and O–H groups in total. The lowest BCUT2D eigenvalue weighted by molar-refractivity contribution is -0.319. The second kappa shape index (κ2) is 19.9. The van der Waals surface area contributed by atoms with Crippen LogP contribution in [0, 0.1) is 11.8 Å². The van der Waals surface area contributed by atoms with Crippen LogP contribution in [0.25, 0.3) is 0 Å². The zero-order valence-corrected chi connectivity index (χ0v) is 32.0. The molecular weight excluding hydrogens is 718 g/mol. The summed E-state index contributed by atoms with van der Waals surface area (Å²) in [6, 6.07) is 28.3. The summed E-state index contributed by atoms with van der Waals surface area (Å²) in [5.41, 5.74) is 2.73. The number of imide groups is 1. The number of aliphatic hydroxyl groups is 1. The Labute approximate surface area is 327 Å². The molecule has 0 radical (unpaired) electrons. The van der Waals surface area contributed by atoms with Crippen molar-refractivity contribution in [1.82, 2.24) is 4.90 Å². The Morgan fingerprint density at radius 1 is 0.839 bits per heavy atom. The Morgan fingerprint density at radius 2 is 1.45 bits per heavy atom. The fourth-order valence-electron chi connectivity index (χ4n) is 7.17. The molecule has 0 aromatic heterocycles. The molecule has 298 valence electrons. The number of ether oxygens (including phenoxy) is 7. The van der Waals surface area contributed by atoms with Gasteiger partial charge in [-0.2, -0.15) is 0 Å². The van der Waals surface area contributed by atoms with Crippen LogP contribution in [0.5, 0.6) is 0 Å². The molecule has 0 bridgehead atoms. The number of hydrogen-bond donors (Lipinski definition) is 1. The van der Waals surface area contributed by atoms with E-state index in [1.807, 2.05) is 105 Å². The highest BCUT2D eigenvalue weighted by atomic mass is 16.7. The Hall–Kier alpha value is -4.69. The van der Waals surface area contributed by atoms with Gasteiger partial charge < -0.3 is 38.3 Å². The summed E-state index contributed by atoms with van der Waals surface area (Å²) >= 11 is 0. The van der Waals surface area contributed by atoms with Gasteiger partial charge in [-0.25, -0.2) is 9.69 Å². The number of ketones is 1. The number of methoxy groups -OCH3 is 1. The fraction of sp³-hybridized carbons (Fsp3) is 0.432. The molecule has 8 atom stereocenters. The van der Waals surface area contributed by atoms with Crippen molar-refractivity contribution in [3.63, 3.8) is 0 Å². The topological polar surface area (TPSA) is 139 Å². The summed E-state index contributed by atoms with van der Waals surface area (Å²) in [6.45, 7) is 4.32. The van der Waals surface area contributed by atoms with Crippen LogP contribution in [-0.4, -0.2) is 97.6 Å². The SMILES string of the molecule is CO[C@H]1O[C@H](CO)[C@@H](OCc2ccccc2)[C@H](OCc2ccccc2)[C@@H]1OCCC=C1C=CC(=O)[C@H]([C@H](Cc2ccccc2)C(=O)N2C(=O)OC[C@@H]2C(C)C)O1. The second-order valence-corrected chi connectivity index (χ2v) is 14.4. The second-order valence-electron chi connectivity index (χ2n) is 14.4. The Balaban J connectivity index is 1.18. The fourth-order valence-corrected chi connectivity index (χ4v) is 7.17. The molecule has 0 spiro atoms. The average molecular weight is 770 g/mol. The predicted molar refractivity (Wildman–Crippen MR) is 205 cm³/mol. The minimum Gasteiger partial charge on any atom is -0.482 e. The van der Waals surface area contributed by atoms with Crippen LogP contribution < -0.4 is 0 Å². The van der Waals surface area contributed by atoms with E-state index in [0.717, 1.165) is 21.6 Å². The van der Waals surface area contributed by atoms with Crippen LogP contribution in [0.15, 0.2) is 115 Å². The van der Waals surface area contributed by atoms with E-state index in [4.69, 9.17) is 33.2 Å². The maximum atomic E-state index is 14.2. The summed E-state index contributed by atoms with van der Waals surface area (Å²) < 4.78 is 42.8. The van der Waals surface area contributed by atoms with Gasteiger partial charge in [-0.05, 0) is 53.7 Å². The highest BCUT2D eigenvalue weighted by molar-refractivity contribution is 6.02. The highest BCUT2D eigenvalue weighted by Crippen LogP contribution is 2.32. The van der Waals surface area contributed by atoms with E-state index in [2.05, 4.69) is 0 Å². The molecule has 12 heteroatoms. The van der Waals surface area contributed by atoms with E-state index in [-0.39, 0.29) is 51.2 Å². The van der Waals surface area contributed by atoms with Crippen LogP contribution in [-0.2, 0) is 62.4 Å². The zero-order chi connectivity index (χ0) is 39.4. The van der Waals surface area contributed by atoms with Crippen molar-refractivity contribution < 1.29 is 52.6 Å². The van der Waals surface area contributed by atoms with E-state index in [1.54, 1.807) is 12.2 Å². The van der Waals surface area contributed by atoms with Gasteiger partial charge >= 0.3 is 6.09 Å². The van der Waals surface area contributed by atoms with Crippen molar-refractivity contribution in [2.45, 2.75) is 82.8 Å². The van der Waals surface area contributed by atoms with Gasteiger partial charge in [0.25, 0.3) is 0 Å². The first-order valence-electron chi connectivity index (χ1n) is 19.1. The Bertz CT molecular complexity index is 1780. The first kappa shape index (κ1) is 41.0. The van der Waals surface area contributed by atoms with E-state index in [1.165, 1.54) is 13.2 Å². The molecule has 2 fully saturated rings. The molecule has 2 amide bonds. The molecule has 3 heterocycles. The number of cyclic esters (lactones) is 1. The molecule has 56 heavy (non-hydrogen) atoms. The minimum absolute atomic E-state index is 0.0445. The standard InChI is InChI=1S/C44H51NO11/c1-29(2)35-28-54-44(49)45(35)42(48)34(24-30-14-7-4-8-15-30)38-36(47)22-21-33(55-38)20-13-23-51-41-40(53-27-32-18-11-6-12-19-32)39(37(25-46)56-43(41)50-3)52-26-31-16-9-5-10-17-31/h4-12,14-22,29,34-35,37-41,43,46H,13,23-28H2,1-3H3/t34-,35+,37+,38-,39+,40-,41-,43-/m0/s1. The maximum Gasteiger partial charge on any atom is 0.416 e. The number of nitrogens with zero attached hydrogens (tertiary/aromatic N) is 1. The van der Waals surface area contributed by atoms with Gasteiger partial charge in [0, 0.05) is 7.11 Å². The molecule has 2 saturated heterocycles. The number of hydrogen-bond acceptors (Lipinski definition) is 11.